The van der Waals surface area contributed by atoms with Crippen LogP contribution in [0.4, 0.5) is 0 Å². The molecule has 0 aromatic heterocycles. The lowest BCUT2D eigenvalue weighted by Gasteiger charge is -2.18. The maximum atomic E-state index is 12.8. The van der Waals surface area contributed by atoms with Crippen LogP contribution in [-0.4, -0.2) is 37.2 Å². The summed E-state index contributed by atoms with van der Waals surface area (Å²) in [6.07, 6.45) is 72.6. The summed E-state index contributed by atoms with van der Waals surface area (Å²) in [6.45, 7) is 6.63. The molecule has 0 saturated heterocycles. The normalized spacial score (nSPS) is 12.0. The fourth-order valence-corrected chi connectivity index (χ4v) is 10.1. The van der Waals surface area contributed by atoms with Crippen molar-refractivity contribution in [1.82, 2.24) is 0 Å². The standard InChI is InChI=1S/C66H126O6/c1-4-7-10-13-16-19-22-24-25-26-27-28-29-30-31-32-33-34-35-36-37-38-39-40-41-42-43-45-47-50-53-56-59-65(68)71-62-63(61-70-64(67)58-55-52-49-46-21-18-15-12-9-6-3)72-66(69)60-57-54-51-48-44-23-20-17-14-11-8-5-2/h12,15,63H,4-11,13-14,16-62H2,1-3H3/b15-12-. The van der Waals surface area contributed by atoms with Crippen molar-refractivity contribution in [2.75, 3.05) is 13.2 Å². The van der Waals surface area contributed by atoms with Gasteiger partial charge in [0.15, 0.2) is 6.10 Å². The zero-order valence-electron chi connectivity index (χ0n) is 49.0. The first-order chi connectivity index (χ1) is 35.5. The van der Waals surface area contributed by atoms with Gasteiger partial charge in [0.05, 0.1) is 0 Å². The van der Waals surface area contributed by atoms with Gasteiger partial charge < -0.3 is 14.2 Å². The van der Waals surface area contributed by atoms with Crippen molar-refractivity contribution in [3.63, 3.8) is 0 Å². The minimum Gasteiger partial charge on any atom is -0.462 e. The zero-order valence-corrected chi connectivity index (χ0v) is 49.0. The summed E-state index contributed by atoms with van der Waals surface area (Å²) in [5.74, 6) is -0.855. The van der Waals surface area contributed by atoms with Crippen LogP contribution < -0.4 is 0 Å². The summed E-state index contributed by atoms with van der Waals surface area (Å²) in [5.41, 5.74) is 0. The van der Waals surface area contributed by atoms with E-state index in [1.807, 2.05) is 0 Å². The Kier molecular flexibility index (Phi) is 60.1. The van der Waals surface area contributed by atoms with E-state index < -0.39 is 6.10 Å². The van der Waals surface area contributed by atoms with Crippen LogP contribution in [0.3, 0.4) is 0 Å². The molecule has 0 fully saturated rings. The van der Waals surface area contributed by atoms with E-state index in [1.165, 1.54) is 263 Å². The molecule has 0 rings (SSSR count). The highest BCUT2D eigenvalue weighted by Crippen LogP contribution is 2.19. The summed E-state index contributed by atoms with van der Waals surface area (Å²) in [5, 5.41) is 0. The van der Waals surface area contributed by atoms with Crippen LogP contribution in [0.5, 0.6) is 0 Å². The molecule has 0 N–H and O–H groups in total. The zero-order chi connectivity index (χ0) is 52.2. The molecule has 0 saturated carbocycles. The van der Waals surface area contributed by atoms with Gasteiger partial charge in [-0.2, -0.15) is 0 Å². The van der Waals surface area contributed by atoms with Crippen molar-refractivity contribution in [3.05, 3.63) is 12.2 Å². The highest BCUT2D eigenvalue weighted by atomic mass is 16.6. The lowest BCUT2D eigenvalue weighted by Crippen LogP contribution is -2.30. The fourth-order valence-electron chi connectivity index (χ4n) is 10.1. The Labute approximate surface area is 450 Å². The van der Waals surface area contributed by atoms with E-state index in [-0.39, 0.29) is 31.1 Å². The van der Waals surface area contributed by atoms with Crippen molar-refractivity contribution < 1.29 is 28.6 Å². The van der Waals surface area contributed by atoms with Gasteiger partial charge in [0.25, 0.3) is 0 Å². The minimum absolute atomic E-state index is 0.0668. The molecule has 6 heteroatoms. The van der Waals surface area contributed by atoms with Crippen LogP contribution in [0.2, 0.25) is 0 Å². The second-order valence-electron chi connectivity index (χ2n) is 22.4. The highest BCUT2D eigenvalue weighted by molar-refractivity contribution is 5.71. The molecule has 0 radical (unpaired) electrons. The van der Waals surface area contributed by atoms with Gasteiger partial charge >= 0.3 is 17.9 Å². The molecule has 1 unspecified atom stereocenters. The Morgan fingerprint density at radius 1 is 0.264 bits per heavy atom. The van der Waals surface area contributed by atoms with Crippen LogP contribution in [0.1, 0.15) is 374 Å². The van der Waals surface area contributed by atoms with E-state index in [0.29, 0.717) is 19.3 Å². The third-order valence-corrected chi connectivity index (χ3v) is 15.0. The lowest BCUT2D eigenvalue weighted by atomic mass is 10.0. The summed E-state index contributed by atoms with van der Waals surface area (Å²) in [6, 6.07) is 0. The monoisotopic (exact) mass is 1010 g/mol. The molecule has 0 spiro atoms. The lowest BCUT2D eigenvalue weighted by molar-refractivity contribution is -0.167. The molecular weight excluding hydrogens is 889 g/mol. The van der Waals surface area contributed by atoms with Gasteiger partial charge in [-0.05, 0) is 38.5 Å². The average Bonchev–Trinajstić information content (AvgIpc) is 3.38. The maximum absolute atomic E-state index is 12.8. The number of esters is 3. The Morgan fingerprint density at radius 2 is 0.486 bits per heavy atom. The van der Waals surface area contributed by atoms with Gasteiger partial charge in [-0.15, -0.1) is 0 Å². The molecule has 0 aromatic carbocycles. The molecular formula is C66H126O6. The summed E-state index contributed by atoms with van der Waals surface area (Å²) >= 11 is 0. The van der Waals surface area contributed by atoms with Crippen LogP contribution in [0.25, 0.3) is 0 Å². The first kappa shape index (κ1) is 70.1. The predicted octanol–water partition coefficient (Wildman–Crippen LogP) is 22.1. The molecule has 1 atom stereocenters. The summed E-state index contributed by atoms with van der Waals surface area (Å²) < 4.78 is 16.9. The topological polar surface area (TPSA) is 78.9 Å². The summed E-state index contributed by atoms with van der Waals surface area (Å²) in [4.78, 5) is 38.1. The number of carbonyl (C=O) groups excluding carboxylic acids is 3. The van der Waals surface area contributed by atoms with E-state index in [4.69, 9.17) is 14.2 Å². The van der Waals surface area contributed by atoms with Gasteiger partial charge in [0.1, 0.15) is 13.2 Å². The van der Waals surface area contributed by atoms with Crippen LogP contribution in [0.15, 0.2) is 12.2 Å². The number of carbonyl (C=O) groups is 3. The smallest absolute Gasteiger partial charge is 0.306 e. The number of allylic oxidation sites excluding steroid dienone is 2. The molecule has 0 aromatic rings. The van der Waals surface area contributed by atoms with E-state index in [9.17, 15) is 14.4 Å². The Balaban J connectivity index is 3.96. The Bertz CT molecular complexity index is 1120. The number of unbranched alkanes of at least 4 members (excludes halogenated alkanes) is 48. The average molecular weight is 1020 g/mol. The van der Waals surface area contributed by atoms with Crippen LogP contribution in [0, 0.1) is 0 Å². The molecule has 0 amide bonds. The molecule has 426 valence electrons. The van der Waals surface area contributed by atoms with Crippen molar-refractivity contribution in [1.29, 1.82) is 0 Å². The molecule has 0 aliphatic carbocycles. The van der Waals surface area contributed by atoms with Crippen molar-refractivity contribution in [2.45, 2.75) is 380 Å². The molecule has 6 nitrogen and oxygen atoms in total. The van der Waals surface area contributed by atoms with E-state index in [2.05, 4.69) is 32.9 Å². The van der Waals surface area contributed by atoms with E-state index >= 15 is 0 Å². The van der Waals surface area contributed by atoms with E-state index in [0.717, 1.165) is 70.6 Å². The third-order valence-electron chi connectivity index (χ3n) is 15.0. The molecule has 72 heavy (non-hydrogen) atoms. The fraction of sp³-hybridized carbons (Fsp3) is 0.924. The third kappa shape index (κ3) is 59.0. The van der Waals surface area contributed by atoms with Crippen molar-refractivity contribution in [3.8, 4) is 0 Å². The maximum Gasteiger partial charge on any atom is 0.306 e. The van der Waals surface area contributed by atoms with Gasteiger partial charge in [-0.25, -0.2) is 0 Å². The number of ether oxygens (including phenoxy) is 3. The number of rotatable bonds is 61. The van der Waals surface area contributed by atoms with Gasteiger partial charge in [-0.3, -0.25) is 14.4 Å². The Hall–Kier alpha value is -1.85. The Morgan fingerprint density at radius 3 is 0.750 bits per heavy atom. The minimum atomic E-state index is -0.767. The first-order valence-corrected chi connectivity index (χ1v) is 32.7. The molecule has 0 bridgehead atoms. The van der Waals surface area contributed by atoms with Crippen LogP contribution >= 0.6 is 0 Å². The molecule has 0 aliphatic heterocycles. The van der Waals surface area contributed by atoms with Gasteiger partial charge in [0.2, 0.25) is 0 Å². The van der Waals surface area contributed by atoms with Crippen molar-refractivity contribution >= 4 is 17.9 Å². The second kappa shape index (κ2) is 61.7. The first-order valence-electron chi connectivity index (χ1n) is 32.7. The van der Waals surface area contributed by atoms with E-state index in [1.54, 1.807) is 0 Å². The largest absolute Gasteiger partial charge is 0.462 e. The predicted molar refractivity (Wildman–Crippen MR) is 312 cm³/mol. The second-order valence-corrected chi connectivity index (χ2v) is 22.4. The summed E-state index contributed by atoms with van der Waals surface area (Å²) in [7, 11) is 0. The van der Waals surface area contributed by atoms with Crippen molar-refractivity contribution in [2.24, 2.45) is 0 Å². The van der Waals surface area contributed by atoms with Gasteiger partial charge in [0, 0.05) is 19.3 Å². The molecule has 0 aliphatic rings. The molecule has 0 heterocycles. The highest BCUT2D eigenvalue weighted by Gasteiger charge is 2.19. The SMILES string of the molecule is CCC/C=C\CCCCCCCC(=O)OCC(COC(=O)CCCCCCCCCCCCCCCCCCCCCCCCCCCCCCCCCC)OC(=O)CCCCCCCCCCCCCC. The van der Waals surface area contributed by atoms with Crippen LogP contribution in [-0.2, 0) is 28.6 Å². The van der Waals surface area contributed by atoms with Gasteiger partial charge in [-0.1, -0.05) is 328 Å². The number of hydrogen-bond donors (Lipinski definition) is 0. The quantitative estimate of drug-likeness (QED) is 0.0261. The number of hydrogen-bond acceptors (Lipinski definition) is 6.